The first-order valence-electron chi connectivity index (χ1n) is 7.30. The maximum Gasteiger partial charge on any atom is 0.211 e. The van der Waals surface area contributed by atoms with Crippen LogP contribution < -0.4 is 5.32 Å². The van der Waals surface area contributed by atoms with Crippen molar-refractivity contribution in [1.29, 1.82) is 0 Å². The number of sulfonamides is 1. The van der Waals surface area contributed by atoms with Gasteiger partial charge in [0.2, 0.25) is 10.0 Å². The lowest BCUT2D eigenvalue weighted by molar-refractivity contribution is 0.00139. The van der Waals surface area contributed by atoms with E-state index in [0.29, 0.717) is 25.7 Å². The largest absolute Gasteiger partial charge is 0.389 e. The molecule has 1 aliphatic heterocycles. The molecule has 0 atom stereocenters. The fourth-order valence-corrected chi connectivity index (χ4v) is 3.99. The highest BCUT2D eigenvalue weighted by atomic mass is 32.2. The van der Waals surface area contributed by atoms with Gasteiger partial charge in [-0.25, -0.2) is 12.7 Å². The summed E-state index contributed by atoms with van der Waals surface area (Å²) in [6.45, 7) is 1.83. The average molecular weight is 290 g/mol. The lowest BCUT2D eigenvalue weighted by atomic mass is 9.84. The lowest BCUT2D eigenvalue weighted by Gasteiger charge is -2.36. The summed E-state index contributed by atoms with van der Waals surface area (Å²) in [6, 6.07) is 0.337. The summed E-state index contributed by atoms with van der Waals surface area (Å²) in [5.41, 5.74) is -0.535. The van der Waals surface area contributed by atoms with Crippen LogP contribution in [0.4, 0.5) is 0 Å². The number of hydrogen-bond donors (Lipinski definition) is 2. The van der Waals surface area contributed by atoms with Gasteiger partial charge in [0, 0.05) is 25.7 Å². The minimum Gasteiger partial charge on any atom is -0.389 e. The molecule has 2 aliphatic rings. The van der Waals surface area contributed by atoms with Gasteiger partial charge in [-0.3, -0.25) is 0 Å². The van der Waals surface area contributed by atoms with Gasteiger partial charge < -0.3 is 10.4 Å². The molecule has 0 aromatic rings. The van der Waals surface area contributed by atoms with Crippen molar-refractivity contribution in [3.8, 4) is 0 Å². The zero-order chi connectivity index (χ0) is 13.9. The van der Waals surface area contributed by atoms with Crippen molar-refractivity contribution < 1.29 is 13.5 Å². The Hall–Kier alpha value is -0.170. The van der Waals surface area contributed by atoms with Crippen molar-refractivity contribution in [3.05, 3.63) is 0 Å². The van der Waals surface area contributed by atoms with E-state index >= 15 is 0 Å². The molecule has 1 saturated carbocycles. The number of aliphatic hydroxyl groups is 1. The van der Waals surface area contributed by atoms with Crippen LogP contribution in [-0.2, 0) is 10.0 Å². The fourth-order valence-electron chi connectivity index (χ4n) is 3.11. The monoisotopic (exact) mass is 290 g/mol. The highest BCUT2D eigenvalue weighted by Gasteiger charge is 2.31. The summed E-state index contributed by atoms with van der Waals surface area (Å²) in [5, 5.41) is 13.8. The zero-order valence-electron chi connectivity index (χ0n) is 11.8. The molecule has 0 aromatic carbocycles. The molecule has 19 heavy (non-hydrogen) atoms. The zero-order valence-corrected chi connectivity index (χ0v) is 12.6. The topological polar surface area (TPSA) is 69.6 Å². The van der Waals surface area contributed by atoms with E-state index in [0.717, 1.165) is 38.5 Å². The maximum atomic E-state index is 11.4. The van der Waals surface area contributed by atoms with Crippen molar-refractivity contribution in [2.45, 2.75) is 56.6 Å². The van der Waals surface area contributed by atoms with Crippen LogP contribution in [0.2, 0.25) is 0 Å². The molecular formula is C13H26N2O3S. The van der Waals surface area contributed by atoms with Crippen LogP contribution in [0, 0.1) is 0 Å². The summed E-state index contributed by atoms with van der Waals surface area (Å²) >= 11 is 0. The van der Waals surface area contributed by atoms with Crippen LogP contribution >= 0.6 is 0 Å². The molecule has 1 saturated heterocycles. The van der Waals surface area contributed by atoms with Crippen molar-refractivity contribution in [2.75, 3.05) is 25.9 Å². The third kappa shape index (κ3) is 4.41. The predicted octanol–water partition coefficient (Wildman–Crippen LogP) is 0.695. The molecule has 1 aliphatic carbocycles. The van der Waals surface area contributed by atoms with E-state index in [2.05, 4.69) is 5.32 Å². The first-order valence-corrected chi connectivity index (χ1v) is 9.15. The number of nitrogens with zero attached hydrogens (tertiary/aromatic N) is 1. The first kappa shape index (κ1) is 15.2. The van der Waals surface area contributed by atoms with E-state index in [4.69, 9.17) is 0 Å². The van der Waals surface area contributed by atoms with Crippen molar-refractivity contribution in [3.63, 3.8) is 0 Å². The molecule has 5 nitrogen and oxygen atoms in total. The molecule has 112 valence electrons. The Morgan fingerprint density at radius 3 is 2.32 bits per heavy atom. The van der Waals surface area contributed by atoms with Gasteiger partial charge in [-0.2, -0.15) is 0 Å². The molecule has 2 rings (SSSR count). The molecule has 0 unspecified atom stereocenters. The standard InChI is InChI=1S/C13H26N2O3S/c1-19(17,18)15-9-5-12(6-10-15)14-11-13(16)7-3-2-4-8-13/h12,14,16H,2-11H2,1H3. The van der Waals surface area contributed by atoms with Crippen LogP contribution in [0.5, 0.6) is 0 Å². The average Bonchev–Trinajstić information content (AvgIpc) is 2.37. The Balaban J connectivity index is 1.74. The highest BCUT2D eigenvalue weighted by molar-refractivity contribution is 7.88. The second-order valence-electron chi connectivity index (χ2n) is 6.10. The molecule has 1 heterocycles. The Morgan fingerprint density at radius 2 is 1.79 bits per heavy atom. The van der Waals surface area contributed by atoms with E-state index in [9.17, 15) is 13.5 Å². The maximum absolute atomic E-state index is 11.4. The van der Waals surface area contributed by atoms with Gasteiger partial charge in [0.05, 0.1) is 11.9 Å². The number of piperidine rings is 1. The molecular weight excluding hydrogens is 264 g/mol. The van der Waals surface area contributed by atoms with Crippen LogP contribution in [-0.4, -0.2) is 55.4 Å². The van der Waals surface area contributed by atoms with E-state index in [1.807, 2.05) is 0 Å². The minimum absolute atomic E-state index is 0.337. The van der Waals surface area contributed by atoms with Gasteiger partial charge in [0.25, 0.3) is 0 Å². The molecule has 2 N–H and O–H groups in total. The summed E-state index contributed by atoms with van der Waals surface area (Å²) in [5.74, 6) is 0. The van der Waals surface area contributed by atoms with Crippen molar-refractivity contribution in [1.82, 2.24) is 9.62 Å². The number of rotatable bonds is 4. The summed E-state index contributed by atoms with van der Waals surface area (Å²) in [7, 11) is -3.04. The van der Waals surface area contributed by atoms with Crippen molar-refractivity contribution in [2.24, 2.45) is 0 Å². The molecule has 0 spiro atoms. The van der Waals surface area contributed by atoms with Gasteiger partial charge >= 0.3 is 0 Å². The second kappa shape index (κ2) is 6.08. The van der Waals surface area contributed by atoms with Crippen molar-refractivity contribution >= 4 is 10.0 Å². The minimum atomic E-state index is -3.04. The smallest absolute Gasteiger partial charge is 0.211 e. The van der Waals surface area contributed by atoms with E-state index < -0.39 is 15.6 Å². The van der Waals surface area contributed by atoms with E-state index in [-0.39, 0.29) is 0 Å². The molecule has 0 bridgehead atoms. The van der Waals surface area contributed by atoms with Gasteiger partial charge in [-0.15, -0.1) is 0 Å². The Labute approximate surface area is 116 Å². The Morgan fingerprint density at radius 1 is 1.21 bits per heavy atom. The number of hydrogen-bond acceptors (Lipinski definition) is 4. The summed E-state index contributed by atoms with van der Waals surface area (Å²) in [6.07, 6.45) is 8.19. The van der Waals surface area contributed by atoms with E-state index in [1.54, 1.807) is 4.31 Å². The number of nitrogens with one attached hydrogen (secondary N) is 1. The van der Waals surface area contributed by atoms with Gasteiger partial charge in [-0.05, 0) is 25.7 Å². The van der Waals surface area contributed by atoms with Crippen LogP contribution in [0.25, 0.3) is 0 Å². The third-order valence-electron chi connectivity index (χ3n) is 4.43. The molecule has 0 aromatic heterocycles. The Kier molecular flexibility index (Phi) is 4.87. The summed E-state index contributed by atoms with van der Waals surface area (Å²) < 4.78 is 24.4. The first-order chi connectivity index (χ1) is 8.89. The normalized spacial score (nSPS) is 26.4. The van der Waals surface area contributed by atoms with Gasteiger partial charge in [0.1, 0.15) is 0 Å². The molecule has 6 heteroatoms. The van der Waals surface area contributed by atoms with E-state index in [1.165, 1.54) is 12.7 Å². The predicted molar refractivity (Wildman–Crippen MR) is 75.5 cm³/mol. The van der Waals surface area contributed by atoms with Gasteiger partial charge in [0.15, 0.2) is 0 Å². The Bertz CT molecular complexity index is 383. The summed E-state index contributed by atoms with van der Waals surface area (Å²) in [4.78, 5) is 0. The lowest BCUT2D eigenvalue weighted by Crippen LogP contribution is -2.49. The molecule has 0 amide bonds. The quantitative estimate of drug-likeness (QED) is 0.799. The molecule has 0 radical (unpaired) electrons. The highest BCUT2D eigenvalue weighted by Crippen LogP contribution is 2.27. The van der Waals surface area contributed by atoms with Crippen LogP contribution in [0.3, 0.4) is 0 Å². The third-order valence-corrected chi connectivity index (χ3v) is 5.73. The van der Waals surface area contributed by atoms with Crippen LogP contribution in [0.15, 0.2) is 0 Å². The molecule has 2 fully saturated rings. The second-order valence-corrected chi connectivity index (χ2v) is 8.08. The van der Waals surface area contributed by atoms with Crippen LogP contribution in [0.1, 0.15) is 44.9 Å². The fraction of sp³-hybridized carbons (Fsp3) is 1.00. The SMILES string of the molecule is CS(=O)(=O)N1CCC(NCC2(O)CCCCC2)CC1. The van der Waals surface area contributed by atoms with Gasteiger partial charge in [-0.1, -0.05) is 19.3 Å².